The molecular weight excluding hydrogens is 434 g/mol. The lowest BCUT2D eigenvalue weighted by Crippen LogP contribution is -2.55. The van der Waals surface area contributed by atoms with Gasteiger partial charge in [-0.3, -0.25) is 9.59 Å². The number of nitrogens with zero attached hydrogens (tertiary/aromatic N) is 1. The number of ether oxygens (including phenoxy) is 1. The summed E-state index contributed by atoms with van der Waals surface area (Å²) < 4.78 is 5.26. The van der Waals surface area contributed by atoms with Crippen molar-refractivity contribution in [3.05, 3.63) is 42.0 Å². The molecule has 3 unspecified atom stereocenters. The van der Waals surface area contributed by atoms with Crippen molar-refractivity contribution in [2.24, 2.45) is 0 Å². The summed E-state index contributed by atoms with van der Waals surface area (Å²) in [4.78, 5) is 41.0. The maximum absolute atomic E-state index is 13.6. The summed E-state index contributed by atoms with van der Waals surface area (Å²) in [6.07, 6.45) is 4.08. The molecule has 34 heavy (non-hydrogen) atoms. The number of hydrogen-bond donors (Lipinski definition) is 3. The number of amides is 3. The van der Waals surface area contributed by atoms with E-state index in [2.05, 4.69) is 17.2 Å². The lowest BCUT2D eigenvalue weighted by atomic mass is 9.99. The first-order chi connectivity index (χ1) is 16.0. The van der Waals surface area contributed by atoms with E-state index in [0.717, 1.165) is 31.2 Å². The molecule has 8 nitrogen and oxygen atoms in total. The number of hydrogen-bond acceptors (Lipinski definition) is 5. The molecule has 3 N–H and O–H groups in total. The van der Waals surface area contributed by atoms with E-state index in [0.29, 0.717) is 5.56 Å². The third kappa shape index (κ3) is 7.87. The van der Waals surface area contributed by atoms with E-state index >= 15 is 0 Å². The van der Waals surface area contributed by atoms with Crippen LogP contribution in [-0.4, -0.2) is 58.2 Å². The molecule has 0 spiro atoms. The van der Waals surface area contributed by atoms with Gasteiger partial charge in [-0.25, -0.2) is 4.79 Å². The van der Waals surface area contributed by atoms with Crippen LogP contribution in [0.3, 0.4) is 0 Å². The molecule has 0 heterocycles. The molecule has 3 amide bonds. The van der Waals surface area contributed by atoms with Crippen molar-refractivity contribution >= 4 is 24.0 Å². The Balaban J connectivity index is 2.40. The minimum Gasteiger partial charge on any atom is -0.444 e. The van der Waals surface area contributed by atoms with Gasteiger partial charge in [-0.15, -0.1) is 0 Å². The van der Waals surface area contributed by atoms with E-state index in [-0.39, 0.29) is 18.0 Å². The van der Waals surface area contributed by atoms with Crippen molar-refractivity contribution in [3.8, 4) is 0 Å². The highest BCUT2D eigenvalue weighted by Crippen LogP contribution is 2.36. The van der Waals surface area contributed by atoms with Crippen LogP contribution in [0.25, 0.3) is 6.08 Å². The van der Waals surface area contributed by atoms with Crippen LogP contribution in [0.5, 0.6) is 0 Å². The zero-order valence-corrected chi connectivity index (χ0v) is 21.0. The fourth-order valence-corrected chi connectivity index (χ4v) is 3.81. The molecular formula is C26H39N3O5. The Morgan fingerprint density at radius 1 is 1.26 bits per heavy atom. The number of nitrogens with one attached hydrogen (secondary N) is 2. The molecule has 3 atom stereocenters. The fraction of sp³-hybridized carbons (Fsp3) is 0.577. The highest BCUT2D eigenvalue weighted by atomic mass is 16.6. The Kier molecular flexibility index (Phi) is 9.67. The van der Waals surface area contributed by atoms with Crippen molar-refractivity contribution in [3.63, 3.8) is 0 Å². The Hall–Kier alpha value is -2.87. The lowest BCUT2D eigenvalue weighted by molar-refractivity contribution is -0.144. The summed E-state index contributed by atoms with van der Waals surface area (Å²) in [6.45, 7) is 12.3. The van der Waals surface area contributed by atoms with Gasteiger partial charge in [0.15, 0.2) is 0 Å². The average Bonchev–Trinajstić information content (AvgIpc) is 3.59. The molecule has 1 aromatic carbocycles. The molecule has 2 rings (SSSR count). The molecule has 0 aromatic heterocycles. The van der Waals surface area contributed by atoms with Crippen LogP contribution in [0.15, 0.2) is 30.8 Å². The first kappa shape index (κ1) is 27.4. The third-order valence-corrected chi connectivity index (χ3v) is 5.47. The quantitative estimate of drug-likeness (QED) is 0.456. The van der Waals surface area contributed by atoms with E-state index in [9.17, 15) is 19.5 Å². The van der Waals surface area contributed by atoms with E-state index < -0.39 is 36.3 Å². The van der Waals surface area contributed by atoms with Crippen LogP contribution in [0, 0.1) is 0 Å². The number of aliphatic hydroxyl groups excluding tert-OH is 1. The number of benzene rings is 1. The maximum atomic E-state index is 13.6. The molecule has 1 aromatic rings. The minimum atomic E-state index is -1.23. The molecule has 1 aliphatic carbocycles. The van der Waals surface area contributed by atoms with Crippen molar-refractivity contribution in [2.75, 3.05) is 6.61 Å². The molecule has 0 bridgehead atoms. The summed E-state index contributed by atoms with van der Waals surface area (Å²) in [5.74, 6) is -0.820. The highest BCUT2D eigenvalue weighted by Gasteiger charge is 2.44. The summed E-state index contributed by atoms with van der Waals surface area (Å²) in [5, 5.41) is 15.4. The Labute approximate surface area is 202 Å². The first-order valence-corrected chi connectivity index (χ1v) is 12.0. The van der Waals surface area contributed by atoms with Gasteiger partial charge in [-0.05, 0) is 64.2 Å². The van der Waals surface area contributed by atoms with Gasteiger partial charge < -0.3 is 25.4 Å². The minimum absolute atomic E-state index is 0.0627. The van der Waals surface area contributed by atoms with Crippen LogP contribution in [0.1, 0.15) is 77.5 Å². The van der Waals surface area contributed by atoms with E-state index in [1.807, 2.05) is 32.0 Å². The number of rotatable bonds is 11. The zero-order chi connectivity index (χ0) is 25.5. The predicted octanol–water partition coefficient (Wildman–Crippen LogP) is 3.55. The third-order valence-electron chi connectivity index (χ3n) is 5.47. The molecule has 8 heteroatoms. The van der Waals surface area contributed by atoms with Crippen molar-refractivity contribution in [1.29, 1.82) is 0 Å². The fourth-order valence-electron chi connectivity index (χ4n) is 3.81. The second-order valence-electron chi connectivity index (χ2n) is 9.83. The number of alkyl carbamates (subject to hydrolysis) is 1. The summed E-state index contributed by atoms with van der Waals surface area (Å²) in [7, 11) is 0. The Morgan fingerprint density at radius 2 is 1.94 bits per heavy atom. The van der Waals surface area contributed by atoms with Crippen molar-refractivity contribution in [1.82, 2.24) is 15.5 Å². The smallest absolute Gasteiger partial charge is 0.408 e. The Bertz CT molecular complexity index is 875. The van der Waals surface area contributed by atoms with Gasteiger partial charge in [-0.1, -0.05) is 44.2 Å². The van der Waals surface area contributed by atoms with Crippen LogP contribution < -0.4 is 10.6 Å². The second kappa shape index (κ2) is 12.0. The first-order valence-electron chi connectivity index (χ1n) is 12.0. The van der Waals surface area contributed by atoms with E-state index in [1.54, 1.807) is 32.9 Å². The molecule has 188 valence electrons. The summed E-state index contributed by atoms with van der Waals surface area (Å²) >= 11 is 0. The SMILES string of the molecule is C=Cc1cccc(C(C(=O)NC(C)CCC)N(C(=O)C(CO)NC(=O)OC(C)(C)C)C2CC2)c1. The van der Waals surface area contributed by atoms with Gasteiger partial charge in [0.2, 0.25) is 11.8 Å². The van der Waals surface area contributed by atoms with Gasteiger partial charge in [0.05, 0.1) is 6.61 Å². The largest absolute Gasteiger partial charge is 0.444 e. The van der Waals surface area contributed by atoms with Crippen molar-refractivity contribution in [2.45, 2.75) is 90.1 Å². The van der Waals surface area contributed by atoms with Crippen molar-refractivity contribution < 1.29 is 24.2 Å². The lowest BCUT2D eigenvalue weighted by Gasteiger charge is -2.35. The molecule has 0 radical (unpaired) electrons. The number of aliphatic hydroxyl groups is 1. The van der Waals surface area contributed by atoms with Crippen LogP contribution in [0.2, 0.25) is 0 Å². The normalized spacial score (nSPS) is 16.1. The topological polar surface area (TPSA) is 108 Å². The standard InChI is InChI=1S/C26H39N3O5/c1-7-10-17(3)27-23(31)22(19-12-9-11-18(8-2)15-19)29(20-13-14-20)24(32)21(16-30)28-25(33)34-26(4,5)6/h8-9,11-12,15,17,20-22,30H,2,7,10,13-14,16H2,1,3-6H3,(H,27,31)(H,28,33). The van der Waals surface area contributed by atoms with Gasteiger partial charge in [0.25, 0.3) is 0 Å². The number of carbonyl (C=O) groups excluding carboxylic acids is 3. The second-order valence-corrected chi connectivity index (χ2v) is 9.83. The number of carbonyl (C=O) groups is 3. The zero-order valence-electron chi connectivity index (χ0n) is 21.0. The maximum Gasteiger partial charge on any atom is 0.408 e. The molecule has 0 aliphatic heterocycles. The van der Waals surface area contributed by atoms with E-state index in [1.165, 1.54) is 4.90 Å². The molecule has 1 saturated carbocycles. The van der Waals surface area contributed by atoms with E-state index in [4.69, 9.17) is 4.74 Å². The molecule has 0 saturated heterocycles. The summed E-state index contributed by atoms with van der Waals surface area (Å²) in [6, 6.07) is 4.96. The van der Waals surface area contributed by atoms with Gasteiger partial charge in [-0.2, -0.15) is 0 Å². The molecule has 1 fully saturated rings. The van der Waals surface area contributed by atoms with Crippen LogP contribution in [0.4, 0.5) is 4.79 Å². The van der Waals surface area contributed by atoms with Gasteiger partial charge >= 0.3 is 6.09 Å². The van der Waals surface area contributed by atoms with Gasteiger partial charge in [0.1, 0.15) is 17.7 Å². The molecule has 1 aliphatic rings. The monoisotopic (exact) mass is 473 g/mol. The van der Waals surface area contributed by atoms with Gasteiger partial charge in [0, 0.05) is 12.1 Å². The predicted molar refractivity (Wildman–Crippen MR) is 132 cm³/mol. The average molecular weight is 474 g/mol. The highest BCUT2D eigenvalue weighted by molar-refractivity contribution is 5.92. The van der Waals surface area contributed by atoms with Crippen LogP contribution in [-0.2, 0) is 14.3 Å². The Morgan fingerprint density at radius 3 is 2.47 bits per heavy atom. The van der Waals surface area contributed by atoms with Crippen LogP contribution >= 0.6 is 0 Å². The summed E-state index contributed by atoms with van der Waals surface area (Å²) in [5.41, 5.74) is 0.713.